The first-order chi connectivity index (χ1) is 10.4. The van der Waals surface area contributed by atoms with Crippen LogP contribution in [0.1, 0.15) is 23.1 Å². The average molecular weight is 370 g/mol. The molecule has 0 unspecified atom stereocenters. The van der Waals surface area contributed by atoms with Crippen LogP contribution in [-0.2, 0) is 24.4 Å². The van der Waals surface area contributed by atoms with Gasteiger partial charge in [0.25, 0.3) is 0 Å². The maximum Gasteiger partial charge on any atom is 0.354 e. The molecule has 2 aromatic heterocycles. The van der Waals surface area contributed by atoms with Gasteiger partial charge in [-0.1, -0.05) is 0 Å². The number of halogens is 1. The number of nitrogens with zero attached hydrogens (tertiary/aromatic N) is 5. The van der Waals surface area contributed by atoms with Gasteiger partial charge < -0.3 is 10.0 Å². The molecule has 0 radical (unpaired) electrons. The number of hydrogen-bond acceptors (Lipinski definition) is 4. The highest BCUT2D eigenvalue weighted by molar-refractivity contribution is 9.10. The molecule has 1 N–H and O–H groups in total. The summed E-state index contributed by atoms with van der Waals surface area (Å²) in [4.78, 5) is 24.7. The van der Waals surface area contributed by atoms with Crippen LogP contribution < -0.4 is 0 Å². The van der Waals surface area contributed by atoms with Crippen LogP contribution in [-0.4, -0.2) is 48.5 Å². The second-order valence-electron chi connectivity index (χ2n) is 4.71. The van der Waals surface area contributed by atoms with E-state index in [1.54, 1.807) is 11.7 Å². The summed E-state index contributed by atoms with van der Waals surface area (Å²) in [7, 11) is 1.64. The molecule has 1 amide bonds. The quantitative estimate of drug-likeness (QED) is 0.825. The van der Waals surface area contributed by atoms with Gasteiger partial charge in [0.2, 0.25) is 5.91 Å². The summed E-state index contributed by atoms with van der Waals surface area (Å²) in [5, 5.41) is 17.2. The third kappa shape index (κ3) is 3.53. The number of amides is 1. The largest absolute Gasteiger partial charge is 0.477 e. The summed E-state index contributed by atoms with van der Waals surface area (Å²) >= 11 is 3.41. The minimum atomic E-state index is -1.11. The Kier molecular flexibility index (Phi) is 4.96. The Morgan fingerprint density at radius 3 is 2.77 bits per heavy atom. The molecule has 2 aromatic rings. The lowest BCUT2D eigenvalue weighted by atomic mass is 10.3. The molecular formula is C13H16BrN5O3. The molecule has 0 aliphatic heterocycles. The molecule has 0 atom stereocenters. The second-order valence-corrected chi connectivity index (χ2v) is 5.56. The predicted molar refractivity (Wildman–Crippen MR) is 81.3 cm³/mol. The molecule has 0 saturated heterocycles. The Hall–Kier alpha value is -2.16. The van der Waals surface area contributed by atoms with Crippen LogP contribution in [0, 0.1) is 0 Å². The summed E-state index contributed by atoms with van der Waals surface area (Å²) in [6.07, 6.45) is 3.21. The fourth-order valence-electron chi connectivity index (χ4n) is 1.91. The maximum atomic E-state index is 12.2. The van der Waals surface area contributed by atoms with Crippen molar-refractivity contribution in [3.8, 4) is 0 Å². The summed E-state index contributed by atoms with van der Waals surface area (Å²) in [6, 6.07) is 1.36. The summed E-state index contributed by atoms with van der Waals surface area (Å²) in [5.74, 6) is -1.36. The van der Waals surface area contributed by atoms with E-state index in [0.29, 0.717) is 6.54 Å². The van der Waals surface area contributed by atoms with Crippen LogP contribution >= 0.6 is 15.9 Å². The van der Waals surface area contributed by atoms with E-state index < -0.39 is 5.97 Å². The van der Waals surface area contributed by atoms with Gasteiger partial charge in [0.1, 0.15) is 12.2 Å². The normalized spacial score (nSPS) is 10.7. The third-order valence-corrected chi connectivity index (χ3v) is 3.81. The Bertz CT molecular complexity index is 694. The highest BCUT2D eigenvalue weighted by Crippen LogP contribution is 2.16. The van der Waals surface area contributed by atoms with Crippen molar-refractivity contribution in [1.29, 1.82) is 0 Å². The first-order valence-corrected chi connectivity index (χ1v) is 7.42. The number of carboxylic acid groups (broad SMARTS) is 1. The molecule has 8 nitrogen and oxygen atoms in total. The molecule has 2 heterocycles. The van der Waals surface area contributed by atoms with Crippen LogP contribution in [0.25, 0.3) is 0 Å². The monoisotopic (exact) mass is 369 g/mol. The maximum absolute atomic E-state index is 12.2. The number of aromatic carboxylic acids is 1. The van der Waals surface area contributed by atoms with Crippen molar-refractivity contribution in [2.45, 2.75) is 26.6 Å². The van der Waals surface area contributed by atoms with Gasteiger partial charge in [0, 0.05) is 26.0 Å². The van der Waals surface area contributed by atoms with Crippen molar-refractivity contribution in [1.82, 2.24) is 24.5 Å². The molecule has 0 aliphatic rings. The van der Waals surface area contributed by atoms with Crippen molar-refractivity contribution in [2.24, 2.45) is 0 Å². The lowest BCUT2D eigenvalue weighted by Crippen LogP contribution is -2.31. The molecule has 0 aliphatic carbocycles. The molecule has 0 bridgehead atoms. The van der Waals surface area contributed by atoms with Gasteiger partial charge in [-0.05, 0) is 28.9 Å². The molecule has 118 valence electrons. The van der Waals surface area contributed by atoms with Gasteiger partial charge in [0.05, 0.1) is 16.7 Å². The van der Waals surface area contributed by atoms with Crippen LogP contribution in [0.3, 0.4) is 0 Å². The smallest absolute Gasteiger partial charge is 0.354 e. The Balaban J connectivity index is 2.04. The van der Waals surface area contributed by atoms with Gasteiger partial charge in [-0.3, -0.25) is 9.48 Å². The van der Waals surface area contributed by atoms with E-state index in [2.05, 4.69) is 26.1 Å². The van der Waals surface area contributed by atoms with Crippen LogP contribution in [0.15, 0.2) is 22.9 Å². The van der Waals surface area contributed by atoms with Gasteiger partial charge in [-0.25, -0.2) is 9.48 Å². The van der Waals surface area contributed by atoms with Crippen LogP contribution in [0.5, 0.6) is 0 Å². The number of hydrogen-bond donors (Lipinski definition) is 1. The molecule has 2 rings (SSSR count). The number of aryl methyl sites for hydroxylation is 1. The van der Waals surface area contributed by atoms with Gasteiger partial charge >= 0.3 is 5.97 Å². The fourth-order valence-corrected chi connectivity index (χ4v) is 2.35. The van der Waals surface area contributed by atoms with Crippen molar-refractivity contribution < 1.29 is 14.7 Å². The molecule has 22 heavy (non-hydrogen) atoms. The molecule has 0 saturated carbocycles. The molecule has 0 aromatic carbocycles. The third-order valence-electron chi connectivity index (χ3n) is 3.14. The minimum Gasteiger partial charge on any atom is -0.477 e. The van der Waals surface area contributed by atoms with Crippen molar-refractivity contribution in [3.05, 3.63) is 34.3 Å². The van der Waals surface area contributed by atoms with E-state index in [1.807, 2.05) is 13.1 Å². The lowest BCUT2D eigenvalue weighted by molar-refractivity contribution is -0.131. The number of rotatable bonds is 6. The number of aromatic nitrogens is 4. The fraction of sp³-hybridized carbons (Fsp3) is 0.385. The van der Waals surface area contributed by atoms with Gasteiger partial charge in [0.15, 0.2) is 0 Å². The summed E-state index contributed by atoms with van der Waals surface area (Å²) in [6.45, 7) is 2.92. The number of likely N-dealkylation sites (N-methyl/N-ethyl adjacent to an activating group) is 1. The molecular weight excluding hydrogens is 354 g/mol. The average Bonchev–Trinajstić information content (AvgIpc) is 3.06. The topological polar surface area (TPSA) is 93.2 Å². The van der Waals surface area contributed by atoms with Crippen LogP contribution in [0.2, 0.25) is 0 Å². The van der Waals surface area contributed by atoms with Gasteiger partial charge in [-0.15, -0.1) is 0 Å². The molecule has 0 spiro atoms. The molecule has 9 heteroatoms. The standard InChI is InChI=1S/C13H16BrN5O3/c1-3-18-6-9(14)10(16-18)7-17(2)12(20)8-19-11(13(21)22)4-5-15-19/h4-6H,3,7-8H2,1-2H3,(H,21,22). The zero-order valence-electron chi connectivity index (χ0n) is 12.2. The highest BCUT2D eigenvalue weighted by Gasteiger charge is 2.17. The number of carbonyl (C=O) groups is 2. The van der Waals surface area contributed by atoms with Gasteiger partial charge in [-0.2, -0.15) is 10.2 Å². The van der Waals surface area contributed by atoms with E-state index in [9.17, 15) is 9.59 Å². The van der Waals surface area contributed by atoms with E-state index in [1.165, 1.54) is 21.8 Å². The number of carboxylic acids is 1. The zero-order valence-corrected chi connectivity index (χ0v) is 13.8. The predicted octanol–water partition coefficient (Wildman–Crippen LogP) is 1.22. The number of carbonyl (C=O) groups excluding carboxylic acids is 1. The zero-order chi connectivity index (χ0) is 16.3. The van der Waals surface area contributed by atoms with E-state index in [-0.39, 0.29) is 18.1 Å². The van der Waals surface area contributed by atoms with Crippen LogP contribution in [0.4, 0.5) is 0 Å². The van der Waals surface area contributed by atoms with Crippen molar-refractivity contribution in [2.75, 3.05) is 7.05 Å². The summed E-state index contributed by atoms with van der Waals surface area (Å²) in [5.41, 5.74) is 0.731. The van der Waals surface area contributed by atoms with Crippen molar-refractivity contribution in [3.63, 3.8) is 0 Å². The first kappa shape index (κ1) is 16.2. The van der Waals surface area contributed by atoms with E-state index in [0.717, 1.165) is 16.7 Å². The Morgan fingerprint density at radius 2 is 2.18 bits per heavy atom. The lowest BCUT2D eigenvalue weighted by Gasteiger charge is -2.16. The SMILES string of the molecule is CCn1cc(Br)c(CN(C)C(=O)Cn2nccc2C(=O)O)n1. The Labute approximate surface area is 135 Å². The van der Waals surface area contributed by atoms with E-state index in [4.69, 9.17) is 5.11 Å². The van der Waals surface area contributed by atoms with Crippen molar-refractivity contribution >= 4 is 27.8 Å². The summed E-state index contributed by atoms with van der Waals surface area (Å²) < 4.78 is 3.77. The highest BCUT2D eigenvalue weighted by atomic mass is 79.9. The Morgan fingerprint density at radius 1 is 1.45 bits per heavy atom. The second kappa shape index (κ2) is 6.73. The first-order valence-electron chi connectivity index (χ1n) is 6.63. The molecule has 0 fully saturated rings. The minimum absolute atomic E-state index is 0.0156. The van der Waals surface area contributed by atoms with E-state index >= 15 is 0 Å².